The Labute approximate surface area is 130 Å². The molecule has 0 fully saturated rings. The van der Waals surface area contributed by atoms with Crippen LogP contribution in [0.15, 0.2) is 42.5 Å². The largest absolute Gasteiger partial charge is 0.0840 e. The summed E-state index contributed by atoms with van der Waals surface area (Å²) in [7, 11) is 0. The van der Waals surface area contributed by atoms with Crippen LogP contribution in [0.4, 0.5) is 0 Å². The van der Waals surface area contributed by atoms with Gasteiger partial charge in [-0.25, -0.2) is 0 Å². The van der Waals surface area contributed by atoms with E-state index in [0.717, 1.165) is 22.6 Å². The maximum atomic E-state index is 6.18. The van der Waals surface area contributed by atoms with Crippen LogP contribution in [0.25, 0.3) is 0 Å². The maximum absolute atomic E-state index is 6.18. The summed E-state index contributed by atoms with van der Waals surface area (Å²) in [5, 5.41) is 2.08. The third-order valence-corrected chi connectivity index (χ3v) is 4.48. The molecule has 0 N–H and O–H groups in total. The van der Waals surface area contributed by atoms with Gasteiger partial charge in [0, 0.05) is 25.5 Å². The molecule has 0 saturated carbocycles. The van der Waals surface area contributed by atoms with Crippen molar-refractivity contribution in [3.63, 3.8) is 0 Å². The van der Waals surface area contributed by atoms with E-state index in [1.165, 1.54) is 0 Å². The van der Waals surface area contributed by atoms with Crippen LogP contribution in [-0.4, -0.2) is 0 Å². The van der Waals surface area contributed by atoms with E-state index < -0.39 is 0 Å². The molecule has 4 heteroatoms. The van der Waals surface area contributed by atoms with Crippen molar-refractivity contribution in [2.24, 2.45) is 0 Å². The molecule has 94 valence electrons. The standard InChI is InChI=1S/C14H10BrCl3/c15-10(8-9-4-1-2-5-11(9)16)14-12(17)6-3-7-13(14)18/h1-7,10H,8H2. The Balaban J connectivity index is 2.28. The lowest BCUT2D eigenvalue weighted by Gasteiger charge is -2.14. The highest BCUT2D eigenvalue weighted by Crippen LogP contribution is 2.38. The molecule has 18 heavy (non-hydrogen) atoms. The molecule has 0 saturated heterocycles. The molecule has 1 unspecified atom stereocenters. The third-order valence-electron chi connectivity index (χ3n) is 2.67. The van der Waals surface area contributed by atoms with Gasteiger partial charge >= 0.3 is 0 Å². The molecular formula is C14H10BrCl3. The van der Waals surface area contributed by atoms with Gasteiger partial charge in [-0.2, -0.15) is 0 Å². The molecule has 0 aliphatic heterocycles. The summed E-state index contributed by atoms with van der Waals surface area (Å²) in [6.45, 7) is 0. The zero-order chi connectivity index (χ0) is 13.1. The molecule has 0 radical (unpaired) electrons. The van der Waals surface area contributed by atoms with Crippen molar-refractivity contribution >= 4 is 50.7 Å². The summed E-state index contributed by atoms with van der Waals surface area (Å²) in [6.07, 6.45) is 0.739. The van der Waals surface area contributed by atoms with E-state index in [-0.39, 0.29) is 4.83 Å². The van der Waals surface area contributed by atoms with E-state index in [9.17, 15) is 0 Å². The van der Waals surface area contributed by atoms with Crippen LogP contribution >= 0.6 is 50.7 Å². The molecule has 0 spiro atoms. The average Bonchev–Trinajstić information content (AvgIpc) is 2.32. The van der Waals surface area contributed by atoms with Crippen molar-refractivity contribution in [2.45, 2.75) is 11.2 Å². The quantitative estimate of drug-likeness (QED) is 0.559. The number of halogens is 4. The van der Waals surface area contributed by atoms with Crippen LogP contribution in [0.5, 0.6) is 0 Å². The second-order valence-electron chi connectivity index (χ2n) is 3.90. The lowest BCUT2D eigenvalue weighted by molar-refractivity contribution is 0.949. The van der Waals surface area contributed by atoms with Crippen LogP contribution in [-0.2, 0) is 6.42 Å². The Kier molecular flexibility index (Phi) is 4.97. The first-order chi connectivity index (χ1) is 8.59. The number of hydrogen-bond donors (Lipinski definition) is 0. The van der Waals surface area contributed by atoms with Crippen molar-refractivity contribution in [1.82, 2.24) is 0 Å². The van der Waals surface area contributed by atoms with Gasteiger partial charge in [0.1, 0.15) is 0 Å². The lowest BCUT2D eigenvalue weighted by atomic mass is 10.0. The molecule has 1 atom stereocenters. The first-order valence-electron chi connectivity index (χ1n) is 5.41. The van der Waals surface area contributed by atoms with E-state index in [4.69, 9.17) is 34.8 Å². The monoisotopic (exact) mass is 362 g/mol. The van der Waals surface area contributed by atoms with Gasteiger partial charge in [-0.3, -0.25) is 0 Å². The van der Waals surface area contributed by atoms with Gasteiger partial charge in [-0.15, -0.1) is 0 Å². The molecule has 0 aliphatic carbocycles. The first kappa shape index (κ1) is 14.2. The number of benzene rings is 2. The fraction of sp³-hybridized carbons (Fsp3) is 0.143. The number of alkyl halides is 1. The highest BCUT2D eigenvalue weighted by Gasteiger charge is 2.16. The van der Waals surface area contributed by atoms with Gasteiger partial charge < -0.3 is 0 Å². The summed E-state index contributed by atoms with van der Waals surface area (Å²) in [6, 6.07) is 13.3. The van der Waals surface area contributed by atoms with Gasteiger partial charge in [0.05, 0.1) is 0 Å². The topological polar surface area (TPSA) is 0 Å². The second kappa shape index (κ2) is 6.29. The van der Waals surface area contributed by atoms with Gasteiger partial charge in [-0.05, 0) is 30.2 Å². The predicted octanol–water partition coefficient (Wildman–Crippen LogP) is 6.33. The SMILES string of the molecule is Clc1ccccc1CC(Br)c1c(Cl)cccc1Cl. The highest BCUT2D eigenvalue weighted by molar-refractivity contribution is 9.09. The Hall–Kier alpha value is -0.210. The summed E-state index contributed by atoms with van der Waals surface area (Å²) < 4.78 is 0. The molecule has 0 aromatic heterocycles. The Morgan fingerprint density at radius 1 is 0.833 bits per heavy atom. The third kappa shape index (κ3) is 3.21. The fourth-order valence-corrected chi connectivity index (χ4v) is 3.75. The zero-order valence-corrected chi connectivity index (χ0v) is 13.2. The summed E-state index contributed by atoms with van der Waals surface area (Å²) in [4.78, 5) is 0.0404. The van der Waals surface area contributed by atoms with Gasteiger partial charge in [0.15, 0.2) is 0 Å². The molecular weight excluding hydrogens is 354 g/mol. The molecule has 0 aliphatic rings. The molecule has 2 aromatic rings. The minimum atomic E-state index is 0.0404. The number of rotatable bonds is 3. The minimum Gasteiger partial charge on any atom is -0.0840 e. The molecule has 2 rings (SSSR count). The zero-order valence-electron chi connectivity index (χ0n) is 9.34. The Morgan fingerprint density at radius 3 is 2.00 bits per heavy atom. The Bertz CT molecular complexity index is 534. The fourth-order valence-electron chi connectivity index (χ4n) is 1.77. The summed E-state index contributed by atoms with van der Waals surface area (Å²) >= 11 is 22.1. The van der Waals surface area contributed by atoms with E-state index in [1.807, 2.05) is 42.5 Å². The molecule has 0 nitrogen and oxygen atoms in total. The Morgan fingerprint density at radius 2 is 1.39 bits per heavy atom. The van der Waals surface area contributed by atoms with Gasteiger partial charge in [-0.1, -0.05) is 75.0 Å². The summed E-state index contributed by atoms with van der Waals surface area (Å²) in [5.74, 6) is 0. The van der Waals surface area contributed by atoms with Crippen LogP contribution in [0.1, 0.15) is 16.0 Å². The van der Waals surface area contributed by atoms with Gasteiger partial charge in [0.25, 0.3) is 0 Å². The van der Waals surface area contributed by atoms with Crippen molar-refractivity contribution in [3.8, 4) is 0 Å². The van der Waals surface area contributed by atoms with E-state index in [2.05, 4.69) is 15.9 Å². The van der Waals surface area contributed by atoms with E-state index in [1.54, 1.807) is 0 Å². The molecule has 0 bridgehead atoms. The van der Waals surface area contributed by atoms with Crippen LogP contribution in [0.3, 0.4) is 0 Å². The lowest BCUT2D eigenvalue weighted by Crippen LogP contribution is -1.98. The smallest absolute Gasteiger partial charge is 0.0465 e. The molecule has 0 amide bonds. The second-order valence-corrected chi connectivity index (χ2v) is 6.23. The van der Waals surface area contributed by atoms with Crippen LogP contribution in [0.2, 0.25) is 15.1 Å². The van der Waals surface area contributed by atoms with Crippen molar-refractivity contribution in [1.29, 1.82) is 0 Å². The molecule has 2 aromatic carbocycles. The predicted molar refractivity (Wildman–Crippen MR) is 83.3 cm³/mol. The van der Waals surface area contributed by atoms with Crippen LogP contribution < -0.4 is 0 Å². The summed E-state index contributed by atoms with van der Waals surface area (Å²) in [5.41, 5.74) is 1.97. The first-order valence-corrected chi connectivity index (χ1v) is 7.46. The molecule has 0 heterocycles. The van der Waals surface area contributed by atoms with Crippen molar-refractivity contribution in [2.75, 3.05) is 0 Å². The normalized spacial score (nSPS) is 12.4. The van der Waals surface area contributed by atoms with Crippen molar-refractivity contribution < 1.29 is 0 Å². The average molecular weight is 364 g/mol. The highest BCUT2D eigenvalue weighted by atomic mass is 79.9. The van der Waals surface area contributed by atoms with E-state index >= 15 is 0 Å². The van der Waals surface area contributed by atoms with Gasteiger partial charge in [0.2, 0.25) is 0 Å². The van der Waals surface area contributed by atoms with E-state index in [0.29, 0.717) is 10.0 Å². The maximum Gasteiger partial charge on any atom is 0.0465 e. The van der Waals surface area contributed by atoms with Crippen LogP contribution in [0, 0.1) is 0 Å². The van der Waals surface area contributed by atoms with Crippen molar-refractivity contribution in [3.05, 3.63) is 68.7 Å². The minimum absolute atomic E-state index is 0.0404. The number of hydrogen-bond acceptors (Lipinski definition) is 0.